The van der Waals surface area contributed by atoms with Gasteiger partial charge in [-0.3, -0.25) is 4.98 Å². The van der Waals surface area contributed by atoms with Crippen molar-refractivity contribution in [3.05, 3.63) is 24.0 Å². The van der Waals surface area contributed by atoms with Crippen LogP contribution in [0.25, 0.3) is 0 Å². The molecule has 0 aliphatic rings. The van der Waals surface area contributed by atoms with E-state index in [-0.39, 0.29) is 0 Å². The van der Waals surface area contributed by atoms with Gasteiger partial charge >= 0.3 is 0 Å². The Morgan fingerprint density at radius 1 is 1.57 bits per heavy atom. The van der Waals surface area contributed by atoms with Gasteiger partial charge in [0.25, 0.3) is 0 Å². The van der Waals surface area contributed by atoms with E-state index in [0.29, 0.717) is 18.9 Å². The normalized spacial score (nSPS) is 10.2. The molecule has 76 valence electrons. The van der Waals surface area contributed by atoms with Gasteiger partial charge in [0.2, 0.25) is 0 Å². The van der Waals surface area contributed by atoms with Crippen LogP contribution in [0, 0.1) is 5.92 Å². The summed E-state index contributed by atoms with van der Waals surface area (Å²) in [6.45, 7) is 4.83. The first kappa shape index (κ1) is 10.7. The number of rotatable bonds is 5. The number of carbonyl (C=O) groups is 1. The number of ether oxygens (including phenoxy) is 1. The molecule has 0 saturated carbocycles. The fourth-order valence-corrected chi connectivity index (χ4v) is 1.05. The van der Waals surface area contributed by atoms with Gasteiger partial charge in [-0.05, 0) is 12.0 Å². The molecule has 14 heavy (non-hydrogen) atoms. The molecule has 1 aromatic rings. The van der Waals surface area contributed by atoms with Crippen LogP contribution >= 0.6 is 0 Å². The van der Waals surface area contributed by atoms with Crippen molar-refractivity contribution < 1.29 is 9.53 Å². The molecule has 0 saturated heterocycles. The fraction of sp³-hybridized carbons (Fsp3) is 0.455. The Bertz CT molecular complexity index is 297. The van der Waals surface area contributed by atoms with Crippen molar-refractivity contribution in [2.45, 2.75) is 20.3 Å². The lowest BCUT2D eigenvalue weighted by atomic mass is 10.2. The number of nitrogens with zero attached hydrogens (tertiary/aromatic N) is 1. The summed E-state index contributed by atoms with van der Waals surface area (Å²) in [7, 11) is 0. The molecule has 3 nitrogen and oxygen atoms in total. The third kappa shape index (κ3) is 3.17. The molecular weight excluding hydrogens is 178 g/mol. The van der Waals surface area contributed by atoms with Crippen LogP contribution in [0.15, 0.2) is 18.5 Å². The highest BCUT2D eigenvalue weighted by Crippen LogP contribution is 2.17. The molecule has 0 aliphatic heterocycles. The van der Waals surface area contributed by atoms with E-state index in [1.807, 2.05) is 0 Å². The summed E-state index contributed by atoms with van der Waals surface area (Å²) >= 11 is 0. The van der Waals surface area contributed by atoms with Gasteiger partial charge in [-0.2, -0.15) is 0 Å². The molecule has 0 bridgehead atoms. The van der Waals surface area contributed by atoms with E-state index in [4.69, 9.17) is 4.74 Å². The van der Waals surface area contributed by atoms with Crippen LogP contribution in [0.1, 0.15) is 19.4 Å². The maximum absolute atomic E-state index is 10.4. The van der Waals surface area contributed by atoms with Gasteiger partial charge in [-0.15, -0.1) is 0 Å². The van der Waals surface area contributed by atoms with Gasteiger partial charge < -0.3 is 9.53 Å². The highest BCUT2D eigenvalue weighted by Gasteiger charge is 2.03. The van der Waals surface area contributed by atoms with Gasteiger partial charge in [0.05, 0.1) is 6.61 Å². The van der Waals surface area contributed by atoms with Crippen LogP contribution in [0.3, 0.4) is 0 Å². The van der Waals surface area contributed by atoms with Crippen molar-refractivity contribution in [3.63, 3.8) is 0 Å². The molecule has 3 heteroatoms. The monoisotopic (exact) mass is 193 g/mol. The van der Waals surface area contributed by atoms with E-state index in [1.54, 1.807) is 18.5 Å². The lowest BCUT2D eigenvalue weighted by Crippen LogP contribution is -2.06. The third-order valence-corrected chi connectivity index (χ3v) is 1.73. The number of carbonyl (C=O) groups excluding carboxylic acids is 1. The van der Waals surface area contributed by atoms with Crippen molar-refractivity contribution in [2.24, 2.45) is 5.92 Å². The Morgan fingerprint density at radius 3 is 3.00 bits per heavy atom. The van der Waals surface area contributed by atoms with Crippen LogP contribution in [0.5, 0.6) is 5.75 Å². The van der Waals surface area contributed by atoms with Gasteiger partial charge in [-0.25, -0.2) is 0 Å². The second kappa shape index (κ2) is 5.37. The van der Waals surface area contributed by atoms with Crippen LogP contribution in [0.4, 0.5) is 0 Å². The Hall–Kier alpha value is -1.38. The number of aldehydes is 1. The van der Waals surface area contributed by atoms with E-state index in [2.05, 4.69) is 18.8 Å². The van der Waals surface area contributed by atoms with E-state index in [9.17, 15) is 4.79 Å². The number of hydrogen-bond acceptors (Lipinski definition) is 3. The zero-order chi connectivity index (χ0) is 10.4. The molecule has 0 aliphatic carbocycles. The highest BCUT2D eigenvalue weighted by molar-refractivity contribution is 5.56. The average Bonchev–Trinajstić information content (AvgIpc) is 2.17. The van der Waals surface area contributed by atoms with E-state index < -0.39 is 0 Å². The second-order valence-corrected chi connectivity index (χ2v) is 3.56. The first-order valence-corrected chi connectivity index (χ1v) is 4.73. The quantitative estimate of drug-likeness (QED) is 0.670. The number of pyridine rings is 1. The first-order chi connectivity index (χ1) is 6.74. The lowest BCUT2D eigenvalue weighted by molar-refractivity contribution is -0.107. The van der Waals surface area contributed by atoms with Crippen molar-refractivity contribution in [1.82, 2.24) is 4.98 Å². The summed E-state index contributed by atoms with van der Waals surface area (Å²) in [6.07, 6.45) is 4.56. The molecule has 0 unspecified atom stereocenters. The van der Waals surface area contributed by atoms with Gasteiger partial charge in [-0.1, -0.05) is 13.8 Å². The zero-order valence-electron chi connectivity index (χ0n) is 8.56. The SMILES string of the molecule is CC(C)COc1ccncc1CC=O. The molecule has 0 spiro atoms. The molecule has 1 rings (SSSR count). The smallest absolute Gasteiger partial charge is 0.126 e. The van der Waals surface area contributed by atoms with Crippen LogP contribution in [-0.4, -0.2) is 17.9 Å². The molecule has 0 radical (unpaired) electrons. The van der Waals surface area contributed by atoms with Gasteiger partial charge in [0.15, 0.2) is 0 Å². The van der Waals surface area contributed by atoms with Crippen LogP contribution in [0.2, 0.25) is 0 Å². The third-order valence-electron chi connectivity index (χ3n) is 1.73. The minimum atomic E-state index is 0.362. The maximum Gasteiger partial charge on any atom is 0.126 e. The van der Waals surface area contributed by atoms with E-state index in [0.717, 1.165) is 17.6 Å². The molecule has 0 amide bonds. The molecule has 1 aromatic heterocycles. The fourth-order valence-electron chi connectivity index (χ4n) is 1.05. The van der Waals surface area contributed by atoms with Crippen molar-refractivity contribution in [3.8, 4) is 5.75 Å². The molecule has 0 atom stereocenters. The number of aromatic nitrogens is 1. The van der Waals surface area contributed by atoms with Crippen LogP contribution < -0.4 is 4.74 Å². The first-order valence-electron chi connectivity index (χ1n) is 4.73. The molecule has 0 aromatic carbocycles. The van der Waals surface area contributed by atoms with Crippen molar-refractivity contribution in [1.29, 1.82) is 0 Å². The van der Waals surface area contributed by atoms with Gasteiger partial charge in [0.1, 0.15) is 12.0 Å². The minimum Gasteiger partial charge on any atom is -0.493 e. The molecule has 1 heterocycles. The zero-order valence-corrected chi connectivity index (χ0v) is 8.56. The van der Waals surface area contributed by atoms with E-state index in [1.165, 1.54) is 0 Å². The summed E-state index contributed by atoms with van der Waals surface area (Å²) in [5.41, 5.74) is 0.850. The summed E-state index contributed by atoms with van der Waals surface area (Å²) in [6, 6.07) is 1.79. The van der Waals surface area contributed by atoms with Gasteiger partial charge in [0, 0.05) is 24.4 Å². The average molecular weight is 193 g/mol. The predicted molar refractivity (Wildman–Crippen MR) is 54.3 cm³/mol. The molecule has 0 fully saturated rings. The highest BCUT2D eigenvalue weighted by atomic mass is 16.5. The standard InChI is InChI=1S/C11H15NO2/c1-9(2)8-14-11-3-5-12-7-10(11)4-6-13/h3,5-7,9H,4,8H2,1-2H3. The summed E-state index contributed by atoms with van der Waals surface area (Å²) in [4.78, 5) is 14.3. The van der Waals surface area contributed by atoms with Crippen molar-refractivity contribution >= 4 is 6.29 Å². The Kier molecular flexibility index (Phi) is 4.11. The summed E-state index contributed by atoms with van der Waals surface area (Å²) in [5.74, 6) is 1.24. The largest absolute Gasteiger partial charge is 0.493 e. The molecular formula is C11H15NO2. The number of hydrogen-bond donors (Lipinski definition) is 0. The Balaban J connectivity index is 2.68. The minimum absolute atomic E-state index is 0.362. The summed E-state index contributed by atoms with van der Waals surface area (Å²) in [5, 5.41) is 0. The Labute approximate surface area is 84.1 Å². The maximum atomic E-state index is 10.4. The Morgan fingerprint density at radius 2 is 2.36 bits per heavy atom. The molecule has 0 N–H and O–H groups in total. The lowest BCUT2D eigenvalue weighted by Gasteiger charge is -2.10. The topological polar surface area (TPSA) is 39.2 Å². The van der Waals surface area contributed by atoms with E-state index >= 15 is 0 Å². The van der Waals surface area contributed by atoms with Crippen LogP contribution in [-0.2, 0) is 11.2 Å². The van der Waals surface area contributed by atoms with Crippen molar-refractivity contribution in [2.75, 3.05) is 6.61 Å². The summed E-state index contributed by atoms with van der Waals surface area (Å²) < 4.78 is 5.55. The second-order valence-electron chi connectivity index (χ2n) is 3.56. The predicted octanol–water partition coefficient (Wildman–Crippen LogP) is 1.86.